The highest BCUT2D eigenvalue weighted by Gasteiger charge is 2.32. The monoisotopic (exact) mass is 481 g/mol. The van der Waals surface area contributed by atoms with Crippen molar-refractivity contribution in [3.63, 3.8) is 0 Å². The van der Waals surface area contributed by atoms with Crippen molar-refractivity contribution in [2.24, 2.45) is 11.8 Å². The fourth-order valence-electron chi connectivity index (χ4n) is 3.55. The number of benzene rings is 1. The summed E-state index contributed by atoms with van der Waals surface area (Å²) in [7, 11) is 1.51. The van der Waals surface area contributed by atoms with Gasteiger partial charge in [0.25, 0.3) is 0 Å². The van der Waals surface area contributed by atoms with Crippen molar-refractivity contribution in [1.29, 1.82) is 5.26 Å². The number of hydrogen-bond acceptors (Lipinski definition) is 6. The fourth-order valence-corrected chi connectivity index (χ4v) is 5.49. The molecule has 2 atom stereocenters. The predicted octanol–water partition coefficient (Wildman–Crippen LogP) is 5.28. The Morgan fingerprint density at radius 1 is 1.28 bits per heavy atom. The summed E-state index contributed by atoms with van der Waals surface area (Å²) in [6, 6.07) is 5.16. The first-order chi connectivity index (χ1) is 15.1. The SMILES string of the molecule is CN(C#N)C(=O)C1CCCCC1CSc1ccc(SCCNC(=O)OC(C)(C)C)c(F)c1. The number of carbonyl (C=O) groups excluding carboxylic acids is 2. The molecule has 0 aromatic heterocycles. The van der Waals surface area contributed by atoms with Crippen molar-refractivity contribution in [2.45, 2.75) is 61.8 Å². The van der Waals surface area contributed by atoms with Crippen LogP contribution in [0.15, 0.2) is 28.0 Å². The molecule has 2 amide bonds. The van der Waals surface area contributed by atoms with E-state index in [0.717, 1.165) is 41.2 Å². The van der Waals surface area contributed by atoms with Crippen LogP contribution in [0.25, 0.3) is 0 Å². The van der Waals surface area contributed by atoms with Crippen molar-refractivity contribution < 1.29 is 18.7 Å². The van der Waals surface area contributed by atoms with Crippen molar-refractivity contribution in [3.05, 3.63) is 24.0 Å². The van der Waals surface area contributed by atoms with Crippen LogP contribution in [0.4, 0.5) is 9.18 Å². The van der Waals surface area contributed by atoms with Gasteiger partial charge in [0, 0.05) is 40.8 Å². The Balaban J connectivity index is 1.83. The summed E-state index contributed by atoms with van der Waals surface area (Å²) >= 11 is 2.89. The number of thioether (sulfide) groups is 2. The summed E-state index contributed by atoms with van der Waals surface area (Å²) in [6.07, 6.45) is 5.25. The van der Waals surface area contributed by atoms with Crippen LogP contribution in [0, 0.1) is 29.1 Å². The molecular formula is C23H32FN3O3S2. The van der Waals surface area contributed by atoms with Crippen LogP contribution in [0.3, 0.4) is 0 Å². The van der Waals surface area contributed by atoms with Gasteiger partial charge in [0.15, 0.2) is 6.19 Å². The molecule has 6 nitrogen and oxygen atoms in total. The lowest BCUT2D eigenvalue weighted by molar-refractivity contribution is -0.133. The summed E-state index contributed by atoms with van der Waals surface area (Å²) in [5.74, 6) is 0.891. The number of nitrogens with one attached hydrogen (secondary N) is 1. The number of nitrogens with zero attached hydrogens (tertiary/aromatic N) is 2. The van der Waals surface area contributed by atoms with Crippen LogP contribution in [0.1, 0.15) is 46.5 Å². The van der Waals surface area contributed by atoms with E-state index < -0.39 is 11.7 Å². The average molecular weight is 482 g/mol. The maximum Gasteiger partial charge on any atom is 0.407 e. The molecule has 0 heterocycles. The zero-order valence-corrected chi connectivity index (χ0v) is 20.8. The normalized spacial score (nSPS) is 18.5. The topological polar surface area (TPSA) is 82.4 Å². The lowest BCUT2D eigenvalue weighted by atomic mass is 9.79. The highest BCUT2D eigenvalue weighted by atomic mass is 32.2. The first-order valence-electron chi connectivity index (χ1n) is 10.8. The molecular weight excluding hydrogens is 449 g/mol. The van der Waals surface area contributed by atoms with E-state index >= 15 is 0 Å². The van der Waals surface area contributed by atoms with Gasteiger partial charge in [0.05, 0.1) is 0 Å². The first kappa shape index (κ1) is 26.3. The van der Waals surface area contributed by atoms with Gasteiger partial charge >= 0.3 is 6.09 Å². The number of ether oxygens (including phenoxy) is 1. The van der Waals surface area contributed by atoms with E-state index in [1.807, 2.05) is 12.3 Å². The molecule has 0 radical (unpaired) electrons. The van der Waals surface area contributed by atoms with Gasteiger partial charge < -0.3 is 10.1 Å². The molecule has 0 saturated heterocycles. The van der Waals surface area contributed by atoms with Crippen molar-refractivity contribution >= 4 is 35.5 Å². The molecule has 9 heteroatoms. The molecule has 1 N–H and O–H groups in total. The van der Waals surface area contributed by atoms with Crippen molar-refractivity contribution in [3.8, 4) is 6.19 Å². The van der Waals surface area contributed by atoms with Crippen LogP contribution in [-0.4, -0.2) is 47.6 Å². The van der Waals surface area contributed by atoms with Crippen LogP contribution < -0.4 is 5.32 Å². The largest absolute Gasteiger partial charge is 0.444 e. The van der Waals surface area contributed by atoms with E-state index in [-0.39, 0.29) is 23.6 Å². The van der Waals surface area contributed by atoms with E-state index in [0.29, 0.717) is 17.2 Å². The van der Waals surface area contributed by atoms with E-state index in [4.69, 9.17) is 10.00 Å². The summed E-state index contributed by atoms with van der Waals surface area (Å²) in [4.78, 5) is 26.6. The van der Waals surface area contributed by atoms with Gasteiger partial charge in [0.2, 0.25) is 5.91 Å². The highest BCUT2D eigenvalue weighted by Crippen LogP contribution is 2.36. The van der Waals surface area contributed by atoms with E-state index in [2.05, 4.69) is 5.32 Å². The second-order valence-electron chi connectivity index (χ2n) is 8.83. The number of carbonyl (C=O) groups is 2. The standard InChI is InChI=1S/C23H32FN3O3S2/c1-23(2,3)30-22(29)26-11-12-31-20-10-9-17(13-19(20)24)32-14-16-7-5-6-8-18(16)21(28)27(4)15-25/h9-10,13,16,18H,5-8,11-12,14H2,1-4H3,(H,26,29). The van der Waals surface area contributed by atoms with Crippen LogP contribution >= 0.6 is 23.5 Å². The number of nitriles is 1. The molecule has 2 unspecified atom stereocenters. The zero-order chi connectivity index (χ0) is 23.7. The Hall–Kier alpha value is -1.92. The zero-order valence-electron chi connectivity index (χ0n) is 19.2. The molecule has 0 bridgehead atoms. The lowest BCUT2D eigenvalue weighted by Gasteiger charge is -2.31. The predicted molar refractivity (Wildman–Crippen MR) is 126 cm³/mol. The Morgan fingerprint density at radius 2 is 2.00 bits per heavy atom. The average Bonchev–Trinajstić information content (AvgIpc) is 2.74. The number of halogens is 1. The third-order valence-electron chi connectivity index (χ3n) is 5.10. The van der Waals surface area contributed by atoms with Crippen LogP contribution in [0.2, 0.25) is 0 Å². The second kappa shape index (κ2) is 12.4. The number of alkyl carbamates (subject to hydrolysis) is 1. The third kappa shape index (κ3) is 8.55. The maximum absolute atomic E-state index is 14.5. The molecule has 2 rings (SSSR count). The Bertz CT molecular complexity index is 839. The molecule has 1 saturated carbocycles. The lowest BCUT2D eigenvalue weighted by Crippen LogP contribution is -2.36. The molecule has 1 aromatic carbocycles. The molecule has 1 aliphatic carbocycles. The van der Waals surface area contributed by atoms with E-state index in [1.165, 1.54) is 24.9 Å². The third-order valence-corrected chi connectivity index (χ3v) is 7.33. The van der Waals surface area contributed by atoms with Gasteiger partial charge in [-0.15, -0.1) is 23.5 Å². The molecule has 32 heavy (non-hydrogen) atoms. The summed E-state index contributed by atoms with van der Waals surface area (Å²) in [5, 5.41) is 11.7. The maximum atomic E-state index is 14.5. The quantitative estimate of drug-likeness (QED) is 0.235. The van der Waals surface area contributed by atoms with Crippen LogP contribution in [-0.2, 0) is 9.53 Å². The van der Waals surface area contributed by atoms with E-state index in [9.17, 15) is 14.0 Å². The smallest absolute Gasteiger partial charge is 0.407 e. The van der Waals surface area contributed by atoms with Gasteiger partial charge in [-0.1, -0.05) is 12.8 Å². The molecule has 1 aliphatic rings. The van der Waals surface area contributed by atoms with Gasteiger partial charge in [0.1, 0.15) is 11.4 Å². The van der Waals surface area contributed by atoms with Crippen molar-refractivity contribution in [1.82, 2.24) is 10.2 Å². The molecule has 1 aromatic rings. The molecule has 1 fully saturated rings. The molecule has 0 aliphatic heterocycles. The van der Waals surface area contributed by atoms with Gasteiger partial charge in [-0.3, -0.25) is 9.69 Å². The second-order valence-corrected chi connectivity index (χ2v) is 11.1. The first-order valence-corrected chi connectivity index (χ1v) is 12.8. The minimum Gasteiger partial charge on any atom is -0.444 e. The molecule has 0 spiro atoms. The van der Waals surface area contributed by atoms with Gasteiger partial charge in [-0.05, 0) is 57.7 Å². The Labute approximate surface area is 198 Å². The fraction of sp³-hybridized carbons (Fsp3) is 0.609. The number of amides is 2. The van der Waals surface area contributed by atoms with Crippen molar-refractivity contribution in [2.75, 3.05) is 25.1 Å². The number of rotatable bonds is 8. The number of hydrogen-bond donors (Lipinski definition) is 1. The Kier molecular flexibility index (Phi) is 10.2. The van der Waals surface area contributed by atoms with Crippen LogP contribution in [0.5, 0.6) is 0 Å². The minimum atomic E-state index is -0.548. The Morgan fingerprint density at radius 3 is 2.66 bits per heavy atom. The minimum absolute atomic E-state index is 0.115. The summed E-state index contributed by atoms with van der Waals surface area (Å²) in [6.45, 7) is 5.78. The van der Waals surface area contributed by atoms with E-state index in [1.54, 1.807) is 38.6 Å². The summed E-state index contributed by atoms with van der Waals surface area (Å²) < 4.78 is 19.7. The summed E-state index contributed by atoms with van der Waals surface area (Å²) in [5.41, 5.74) is -0.548. The molecule has 176 valence electrons. The van der Waals surface area contributed by atoms with Gasteiger partial charge in [-0.25, -0.2) is 9.18 Å². The highest BCUT2D eigenvalue weighted by molar-refractivity contribution is 7.99. The van der Waals surface area contributed by atoms with Gasteiger partial charge in [-0.2, -0.15) is 5.26 Å².